The summed E-state index contributed by atoms with van der Waals surface area (Å²) in [5, 5.41) is 4.32. The van der Waals surface area contributed by atoms with Crippen LogP contribution < -0.4 is 10.1 Å². The minimum absolute atomic E-state index is 0.569. The monoisotopic (exact) mass is 302 g/mol. The van der Waals surface area contributed by atoms with Crippen molar-refractivity contribution in [2.75, 3.05) is 7.05 Å². The van der Waals surface area contributed by atoms with E-state index in [-0.39, 0.29) is 0 Å². The Bertz CT molecular complexity index is 587. The average Bonchev–Trinajstić information content (AvgIpc) is 3.28. The molecule has 21 heavy (non-hydrogen) atoms. The Morgan fingerprint density at radius 2 is 2.05 bits per heavy atom. The van der Waals surface area contributed by atoms with Gasteiger partial charge in [0.1, 0.15) is 17.4 Å². The number of nitrogens with one attached hydrogen (secondary N) is 1. The van der Waals surface area contributed by atoms with E-state index in [1.54, 1.807) is 11.3 Å². The zero-order chi connectivity index (χ0) is 14.7. The molecule has 0 radical (unpaired) electrons. The fourth-order valence-corrected chi connectivity index (χ4v) is 3.48. The topological polar surface area (TPSA) is 34.1 Å². The number of hydrogen-bond donors (Lipinski definition) is 1. The second kappa shape index (κ2) is 6.58. The Hall–Kier alpha value is -1.39. The van der Waals surface area contributed by atoms with Crippen molar-refractivity contribution in [3.63, 3.8) is 0 Å². The van der Waals surface area contributed by atoms with Gasteiger partial charge in [-0.15, -0.1) is 11.3 Å². The number of aromatic nitrogens is 1. The number of aryl methyl sites for hydroxylation is 1. The van der Waals surface area contributed by atoms with Crippen LogP contribution in [-0.2, 0) is 19.6 Å². The van der Waals surface area contributed by atoms with Gasteiger partial charge in [0.15, 0.2) is 0 Å². The second-order valence-corrected chi connectivity index (χ2v) is 6.67. The third-order valence-electron chi connectivity index (χ3n) is 3.77. The molecule has 1 saturated carbocycles. The van der Waals surface area contributed by atoms with Gasteiger partial charge in [0, 0.05) is 17.3 Å². The summed E-state index contributed by atoms with van der Waals surface area (Å²) in [5.41, 5.74) is 2.64. The third kappa shape index (κ3) is 3.63. The quantitative estimate of drug-likeness (QED) is 0.843. The highest BCUT2D eigenvalue weighted by Gasteiger charge is 2.29. The summed E-state index contributed by atoms with van der Waals surface area (Å²) in [6.45, 7) is 3.64. The van der Waals surface area contributed by atoms with Crippen molar-refractivity contribution < 1.29 is 4.74 Å². The van der Waals surface area contributed by atoms with Crippen LogP contribution >= 0.6 is 11.3 Å². The largest absolute Gasteiger partial charge is 0.486 e. The first kappa shape index (κ1) is 14.5. The molecule has 1 heterocycles. The minimum Gasteiger partial charge on any atom is -0.486 e. The minimum atomic E-state index is 0.569. The molecule has 112 valence electrons. The van der Waals surface area contributed by atoms with Crippen LogP contribution in [0.2, 0.25) is 0 Å². The lowest BCUT2D eigenvalue weighted by Crippen LogP contribution is -2.05. The van der Waals surface area contributed by atoms with E-state index in [1.807, 2.05) is 19.2 Å². The van der Waals surface area contributed by atoms with E-state index in [9.17, 15) is 0 Å². The molecule has 1 fully saturated rings. The molecule has 1 aromatic heterocycles. The predicted octanol–water partition coefficient (Wildman–Crippen LogP) is 3.88. The smallest absolute Gasteiger partial charge is 0.140 e. The second-order valence-electron chi connectivity index (χ2n) is 5.51. The fraction of sp³-hybridized carbons (Fsp3) is 0.471. The van der Waals surface area contributed by atoms with Crippen LogP contribution in [0.5, 0.6) is 5.75 Å². The zero-order valence-corrected chi connectivity index (χ0v) is 13.5. The third-order valence-corrected chi connectivity index (χ3v) is 4.81. The van der Waals surface area contributed by atoms with Gasteiger partial charge in [0.25, 0.3) is 0 Å². The van der Waals surface area contributed by atoms with E-state index < -0.39 is 0 Å². The molecule has 3 nitrogen and oxygen atoms in total. The fourth-order valence-electron chi connectivity index (χ4n) is 2.41. The number of rotatable bonds is 7. The highest BCUT2D eigenvalue weighted by Crippen LogP contribution is 2.42. The first-order valence-electron chi connectivity index (χ1n) is 7.65. The van der Waals surface area contributed by atoms with Crippen molar-refractivity contribution >= 4 is 11.3 Å². The van der Waals surface area contributed by atoms with E-state index >= 15 is 0 Å². The lowest BCUT2D eigenvalue weighted by molar-refractivity contribution is 0.305. The van der Waals surface area contributed by atoms with E-state index in [2.05, 4.69) is 24.4 Å². The molecule has 1 aliphatic carbocycles. The van der Waals surface area contributed by atoms with Gasteiger partial charge in [-0.2, -0.15) is 0 Å². The number of thiazole rings is 1. The van der Waals surface area contributed by atoms with Crippen LogP contribution in [0.15, 0.2) is 24.3 Å². The maximum absolute atomic E-state index is 5.87. The van der Waals surface area contributed by atoms with Crippen molar-refractivity contribution in [3.05, 3.63) is 45.4 Å². The van der Waals surface area contributed by atoms with Crippen LogP contribution in [0.1, 0.15) is 46.8 Å². The van der Waals surface area contributed by atoms with Crippen LogP contribution in [0.4, 0.5) is 0 Å². The zero-order valence-electron chi connectivity index (χ0n) is 12.7. The van der Waals surface area contributed by atoms with Crippen molar-refractivity contribution in [2.45, 2.75) is 45.3 Å². The molecule has 1 aromatic carbocycles. The van der Waals surface area contributed by atoms with Gasteiger partial charge in [-0.3, -0.25) is 0 Å². The van der Waals surface area contributed by atoms with Crippen LogP contribution in [0.3, 0.4) is 0 Å². The average molecular weight is 302 g/mol. The summed E-state index contributed by atoms with van der Waals surface area (Å²) >= 11 is 1.78. The molecule has 0 amide bonds. The maximum atomic E-state index is 5.87. The van der Waals surface area contributed by atoms with Crippen LogP contribution in [-0.4, -0.2) is 12.0 Å². The van der Waals surface area contributed by atoms with E-state index in [1.165, 1.54) is 29.0 Å². The summed E-state index contributed by atoms with van der Waals surface area (Å²) in [4.78, 5) is 6.17. The number of benzene rings is 1. The molecule has 3 rings (SSSR count). The Kier molecular flexibility index (Phi) is 4.56. The van der Waals surface area contributed by atoms with Gasteiger partial charge in [0.2, 0.25) is 0 Å². The Morgan fingerprint density at radius 3 is 2.67 bits per heavy atom. The summed E-state index contributed by atoms with van der Waals surface area (Å²) in [7, 11) is 1.99. The first-order chi connectivity index (χ1) is 10.3. The Balaban J connectivity index is 1.65. The van der Waals surface area contributed by atoms with E-state index in [0.29, 0.717) is 12.5 Å². The molecule has 4 heteroatoms. The van der Waals surface area contributed by atoms with Gasteiger partial charge in [-0.25, -0.2) is 4.98 Å². The summed E-state index contributed by atoms with van der Waals surface area (Å²) in [5.74, 6) is 1.62. The van der Waals surface area contributed by atoms with Gasteiger partial charge >= 0.3 is 0 Å². The number of hydrogen-bond acceptors (Lipinski definition) is 4. The first-order valence-corrected chi connectivity index (χ1v) is 8.46. The summed E-state index contributed by atoms with van der Waals surface area (Å²) in [6.07, 6.45) is 3.64. The maximum Gasteiger partial charge on any atom is 0.140 e. The molecule has 0 atom stereocenters. The van der Waals surface area contributed by atoms with E-state index in [0.717, 1.165) is 23.7 Å². The van der Waals surface area contributed by atoms with Gasteiger partial charge in [-0.1, -0.05) is 19.1 Å². The van der Waals surface area contributed by atoms with Crippen molar-refractivity contribution in [1.29, 1.82) is 0 Å². The predicted molar refractivity (Wildman–Crippen MR) is 87.0 cm³/mol. The van der Waals surface area contributed by atoms with Crippen LogP contribution in [0, 0.1) is 0 Å². The lowest BCUT2D eigenvalue weighted by atomic mass is 10.2. The Morgan fingerprint density at radius 1 is 1.29 bits per heavy atom. The van der Waals surface area contributed by atoms with E-state index in [4.69, 9.17) is 9.72 Å². The van der Waals surface area contributed by atoms with Gasteiger partial charge in [0.05, 0.1) is 5.69 Å². The molecule has 0 saturated heterocycles. The summed E-state index contributed by atoms with van der Waals surface area (Å²) < 4.78 is 5.87. The Labute approximate surface area is 130 Å². The van der Waals surface area contributed by atoms with Crippen molar-refractivity contribution in [3.8, 4) is 5.75 Å². The molecular formula is C17H22N2OS. The molecule has 2 aromatic rings. The summed E-state index contributed by atoms with van der Waals surface area (Å²) in [6, 6.07) is 8.34. The van der Waals surface area contributed by atoms with Crippen LogP contribution in [0.25, 0.3) is 0 Å². The lowest BCUT2D eigenvalue weighted by Gasteiger charge is -2.04. The highest BCUT2D eigenvalue weighted by molar-refractivity contribution is 7.11. The number of nitrogens with zero attached hydrogens (tertiary/aromatic N) is 1. The number of ether oxygens (including phenoxy) is 1. The molecule has 1 aliphatic rings. The molecule has 0 bridgehead atoms. The highest BCUT2D eigenvalue weighted by atomic mass is 32.1. The van der Waals surface area contributed by atoms with Gasteiger partial charge < -0.3 is 10.1 Å². The molecular weight excluding hydrogens is 280 g/mol. The standard InChI is InChI=1S/C17H22N2OS/c1-3-12-4-8-14(9-5-12)20-11-16-19-17(13-6-7-13)15(21-16)10-18-2/h4-5,8-9,13,18H,3,6-7,10-11H2,1-2H3. The molecule has 1 N–H and O–H groups in total. The van der Waals surface area contributed by atoms with Gasteiger partial charge in [-0.05, 0) is 44.0 Å². The normalized spacial score (nSPS) is 14.4. The SMILES string of the molecule is CCc1ccc(OCc2nc(C3CC3)c(CNC)s2)cc1. The van der Waals surface area contributed by atoms with Crippen molar-refractivity contribution in [1.82, 2.24) is 10.3 Å². The van der Waals surface area contributed by atoms with Crippen molar-refractivity contribution in [2.24, 2.45) is 0 Å². The molecule has 0 unspecified atom stereocenters. The molecule has 0 aliphatic heterocycles. The molecule has 0 spiro atoms.